The summed E-state index contributed by atoms with van der Waals surface area (Å²) in [7, 11) is 3.50. The van der Waals surface area contributed by atoms with Gasteiger partial charge in [0.05, 0.1) is 20.3 Å². The fourth-order valence-corrected chi connectivity index (χ4v) is 3.41. The average Bonchev–Trinajstić information content (AvgIpc) is 2.68. The van der Waals surface area contributed by atoms with Gasteiger partial charge in [-0.15, -0.1) is 0 Å². The molecule has 0 amide bonds. The zero-order chi connectivity index (χ0) is 19.5. The second-order valence-electron chi connectivity index (χ2n) is 7.48. The van der Waals surface area contributed by atoms with Gasteiger partial charge in [-0.1, -0.05) is 32.0 Å². The molecule has 1 aliphatic heterocycles. The van der Waals surface area contributed by atoms with Gasteiger partial charge in [-0.25, -0.2) is 0 Å². The van der Waals surface area contributed by atoms with Crippen LogP contribution in [0.5, 0.6) is 5.75 Å². The standard InChI is InChI=1S/C21H36N4O2/c1-17(2)15-25-12-9-19(10-13-25)24-21(22-3)23-11-14-27-16-18-7-5-6-8-20(18)26-4/h5-8,17,19H,9-16H2,1-4H3,(H2,22,23,24). The molecule has 27 heavy (non-hydrogen) atoms. The molecule has 6 nitrogen and oxygen atoms in total. The SMILES string of the molecule is CN=C(NCCOCc1ccccc1OC)NC1CCN(CC(C)C)CC1. The Kier molecular flexibility index (Phi) is 9.42. The van der Waals surface area contributed by atoms with Crippen molar-refractivity contribution in [3.05, 3.63) is 29.8 Å². The van der Waals surface area contributed by atoms with Gasteiger partial charge in [0.2, 0.25) is 0 Å². The number of guanidine groups is 1. The average molecular weight is 377 g/mol. The Morgan fingerprint density at radius 3 is 2.67 bits per heavy atom. The third-order valence-corrected chi connectivity index (χ3v) is 4.76. The highest BCUT2D eigenvalue weighted by Gasteiger charge is 2.20. The molecule has 0 bridgehead atoms. The first-order valence-corrected chi connectivity index (χ1v) is 10.0. The van der Waals surface area contributed by atoms with Crippen molar-refractivity contribution in [1.82, 2.24) is 15.5 Å². The fourth-order valence-electron chi connectivity index (χ4n) is 3.41. The lowest BCUT2D eigenvalue weighted by Gasteiger charge is -2.33. The summed E-state index contributed by atoms with van der Waals surface area (Å²) in [5, 5.41) is 6.89. The number of hydrogen-bond donors (Lipinski definition) is 2. The van der Waals surface area contributed by atoms with Crippen molar-refractivity contribution in [2.75, 3.05) is 46.9 Å². The Morgan fingerprint density at radius 2 is 2.00 bits per heavy atom. The fraction of sp³-hybridized carbons (Fsp3) is 0.667. The lowest BCUT2D eigenvalue weighted by molar-refractivity contribution is 0.123. The van der Waals surface area contributed by atoms with E-state index >= 15 is 0 Å². The Hall–Kier alpha value is -1.79. The number of para-hydroxylation sites is 1. The Labute approximate surface area is 164 Å². The summed E-state index contributed by atoms with van der Waals surface area (Å²) in [6.07, 6.45) is 2.33. The van der Waals surface area contributed by atoms with Crippen LogP contribution in [-0.2, 0) is 11.3 Å². The number of likely N-dealkylation sites (tertiary alicyclic amines) is 1. The van der Waals surface area contributed by atoms with Crippen LogP contribution in [0.4, 0.5) is 0 Å². The molecule has 0 saturated carbocycles. The van der Waals surface area contributed by atoms with Gasteiger partial charge in [0.1, 0.15) is 5.75 Å². The van der Waals surface area contributed by atoms with Crippen molar-refractivity contribution in [3.8, 4) is 5.75 Å². The van der Waals surface area contributed by atoms with E-state index in [9.17, 15) is 0 Å². The predicted octanol–water partition coefficient (Wildman–Crippen LogP) is 2.50. The summed E-state index contributed by atoms with van der Waals surface area (Å²) in [5.74, 6) is 2.46. The van der Waals surface area contributed by atoms with Gasteiger partial charge in [0.15, 0.2) is 5.96 Å². The van der Waals surface area contributed by atoms with Gasteiger partial charge in [-0.2, -0.15) is 0 Å². The molecule has 1 saturated heterocycles. The minimum absolute atomic E-state index is 0.495. The molecule has 2 rings (SSSR count). The monoisotopic (exact) mass is 376 g/mol. The number of rotatable bonds is 9. The first-order valence-electron chi connectivity index (χ1n) is 10.0. The van der Waals surface area contributed by atoms with Crippen molar-refractivity contribution in [3.63, 3.8) is 0 Å². The number of nitrogens with zero attached hydrogens (tertiary/aromatic N) is 2. The van der Waals surface area contributed by atoms with E-state index in [1.807, 2.05) is 31.3 Å². The zero-order valence-electron chi connectivity index (χ0n) is 17.3. The molecular formula is C21H36N4O2. The van der Waals surface area contributed by atoms with E-state index in [0.717, 1.165) is 55.7 Å². The highest BCUT2D eigenvalue weighted by atomic mass is 16.5. The second-order valence-corrected chi connectivity index (χ2v) is 7.48. The van der Waals surface area contributed by atoms with Gasteiger partial charge >= 0.3 is 0 Å². The highest BCUT2D eigenvalue weighted by Crippen LogP contribution is 2.17. The van der Waals surface area contributed by atoms with E-state index in [-0.39, 0.29) is 0 Å². The van der Waals surface area contributed by atoms with Crippen molar-refractivity contribution in [2.24, 2.45) is 10.9 Å². The molecule has 6 heteroatoms. The van der Waals surface area contributed by atoms with E-state index in [4.69, 9.17) is 9.47 Å². The van der Waals surface area contributed by atoms with Crippen LogP contribution >= 0.6 is 0 Å². The molecule has 1 aromatic rings. The maximum absolute atomic E-state index is 5.77. The number of ether oxygens (including phenoxy) is 2. The summed E-state index contributed by atoms with van der Waals surface area (Å²) >= 11 is 0. The molecule has 0 atom stereocenters. The van der Waals surface area contributed by atoms with Gasteiger partial charge in [0, 0.05) is 44.8 Å². The molecule has 2 N–H and O–H groups in total. The zero-order valence-corrected chi connectivity index (χ0v) is 17.3. The van der Waals surface area contributed by atoms with Gasteiger partial charge in [0.25, 0.3) is 0 Å². The van der Waals surface area contributed by atoms with Crippen LogP contribution in [0.2, 0.25) is 0 Å². The van der Waals surface area contributed by atoms with E-state index in [0.29, 0.717) is 19.3 Å². The minimum Gasteiger partial charge on any atom is -0.496 e. The number of aliphatic imine (C=N–C) groups is 1. The lowest BCUT2D eigenvalue weighted by Crippen LogP contribution is -2.49. The van der Waals surface area contributed by atoms with Crippen LogP contribution in [0.15, 0.2) is 29.3 Å². The van der Waals surface area contributed by atoms with Crippen molar-refractivity contribution < 1.29 is 9.47 Å². The first-order chi connectivity index (χ1) is 13.1. The van der Waals surface area contributed by atoms with Crippen molar-refractivity contribution in [1.29, 1.82) is 0 Å². The number of methoxy groups -OCH3 is 1. The number of nitrogens with one attached hydrogen (secondary N) is 2. The van der Waals surface area contributed by atoms with Crippen LogP contribution in [0, 0.1) is 5.92 Å². The maximum Gasteiger partial charge on any atom is 0.191 e. The van der Waals surface area contributed by atoms with E-state index in [1.54, 1.807) is 7.11 Å². The summed E-state index contributed by atoms with van der Waals surface area (Å²) in [5.41, 5.74) is 1.07. The third kappa shape index (κ3) is 7.77. The summed E-state index contributed by atoms with van der Waals surface area (Å²) in [6.45, 7) is 9.98. The minimum atomic E-state index is 0.495. The molecule has 0 aromatic heterocycles. The van der Waals surface area contributed by atoms with Crippen LogP contribution in [0.25, 0.3) is 0 Å². The van der Waals surface area contributed by atoms with E-state index < -0.39 is 0 Å². The smallest absolute Gasteiger partial charge is 0.191 e. The van der Waals surface area contributed by atoms with E-state index in [2.05, 4.69) is 34.4 Å². The van der Waals surface area contributed by atoms with Crippen LogP contribution in [0.1, 0.15) is 32.3 Å². The molecule has 1 fully saturated rings. The molecule has 1 aliphatic rings. The second kappa shape index (κ2) is 11.8. The van der Waals surface area contributed by atoms with Crippen LogP contribution in [-0.4, -0.2) is 63.8 Å². The number of hydrogen-bond acceptors (Lipinski definition) is 4. The Bertz CT molecular complexity index is 569. The topological polar surface area (TPSA) is 58.1 Å². The highest BCUT2D eigenvalue weighted by molar-refractivity contribution is 5.79. The molecule has 0 spiro atoms. The first kappa shape index (κ1) is 21.5. The van der Waals surface area contributed by atoms with Gasteiger partial charge in [-0.3, -0.25) is 4.99 Å². The molecule has 0 unspecified atom stereocenters. The quantitative estimate of drug-likeness (QED) is 0.394. The molecule has 0 aliphatic carbocycles. The van der Waals surface area contributed by atoms with Crippen LogP contribution < -0.4 is 15.4 Å². The predicted molar refractivity (Wildman–Crippen MR) is 111 cm³/mol. The Morgan fingerprint density at radius 1 is 1.26 bits per heavy atom. The van der Waals surface area contributed by atoms with Crippen LogP contribution in [0.3, 0.4) is 0 Å². The largest absolute Gasteiger partial charge is 0.496 e. The van der Waals surface area contributed by atoms with Crippen molar-refractivity contribution in [2.45, 2.75) is 39.3 Å². The normalized spacial score (nSPS) is 16.6. The lowest BCUT2D eigenvalue weighted by atomic mass is 10.0. The molecular weight excluding hydrogens is 340 g/mol. The molecule has 152 valence electrons. The maximum atomic E-state index is 5.77. The number of benzene rings is 1. The Balaban J connectivity index is 1.62. The number of piperidine rings is 1. The summed E-state index contributed by atoms with van der Waals surface area (Å²) < 4.78 is 11.1. The van der Waals surface area contributed by atoms with Crippen molar-refractivity contribution >= 4 is 5.96 Å². The third-order valence-electron chi connectivity index (χ3n) is 4.76. The molecule has 0 radical (unpaired) electrons. The van der Waals surface area contributed by atoms with E-state index in [1.165, 1.54) is 6.54 Å². The van der Waals surface area contributed by atoms with Gasteiger partial charge < -0.3 is 25.0 Å². The summed E-state index contributed by atoms with van der Waals surface area (Å²) in [4.78, 5) is 6.90. The molecule has 1 heterocycles. The molecule has 1 aromatic carbocycles. The summed E-state index contributed by atoms with van der Waals surface area (Å²) in [6, 6.07) is 8.44. The van der Waals surface area contributed by atoms with Gasteiger partial charge in [-0.05, 0) is 24.8 Å².